The van der Waals surface area contributed by atoms with Crippen LogP contribution in [-0.2, 0) is 10.8 Å². The Morgan fingerprint density at radius 1 is 0.293 bits per heavy atom. The summed E-state index contributed by atoms with van der Waals surface area (Å²) in [7, 11) is 0. The first-order chi connectivity index (χ1) is 40.6. The van der Waals surface area contributed by atoms with Gasteiger partial charge in [-0.25, -0.2) is 0 Å². The number of thiophene rings is 1. The topological polar surface area (TPSA) is 3.24 Å². The number of rotatable bonds is 32. The molecule has 0 bridgehead atoms. The van der Waals surface area contributed by atoms with E-state index in [9.17, 15) is 0 Å². The van der Waals surface area contributed by atoms with Crippen molar-refractivity contribution in [3.8, 4) is 33.4 Å². The van der Waals surface area contributed by atoms with Gasteiger partial charge in [-0.15, -0.1) is 11.3 Å². The molecular weight excluding hydrogens is 1010 g/mol. The molecule has 8 aromatic carbocycles. The Bertz CT molecular complexity index is 3370. The van der Waals surface area contributed by atoms with E-state index in [1.54, 1.807) is 22.3 Å². The summed E-state index contributed by atoms with van der Waals surface area (Å²) in [4.78, 5) is 2.81. The van der Waals surface area contributed by atoms with E-state index in [2.05, 4.69) is 196 Å². The summed E-state index contributed by atoms with van der Waals surface area (Å²) < 4.78 is 2.70. The number of unbranched alkanes of at least 4 members (excludes halogenated alkanes) is 20. The molecule has 11 rings (SSSR count). The first-order valence-electron chi connectivity index (χ1n) is 33.3. The molecule has 2 heteroatoms. The fraction of sp³-hybridized carbons (Fsp3) is 0.425. The highest BCUT2D eigenvalue weighted by Gasteiger charge is 2.46. The Kier molecular flexibility index (Phi) is 19.5. The highest BCUT2D eigenvalue weighted by Crippen LogP contribution is 2.62. The summed E-state index contributed by atoms with van der Waals surface area (Å²) in [5.74, 6) is 0. The van der Waals surface area contributed by atoms with Gasteiger partial charge in [0.1, 0.15) is 0 Å². The maximum absolute atomic E-state index is 2.81. The molecule has 1 nitrogen and oxygen atoms in total. The molecule has 0 saturated carbocycles. The van der Waals surface area contributed by atoms with Crippen LogP contribution < -0.4 is 4.90 Å². The van der Waals surface area contributed by atoms with Gasteiger partial charge in [0.25, 0.3) is 0 Å². The van der Waals surface area contributed by atoms with Crippen molar-refractivity contribution in [1.29, 1.82) is 0 Å². The third kappa shape index (κ3) is 11.5. The van der Waals surface area contributed by atoms with Crippen molar-refractivity contribution >= 4 is 59.3 Å². The van der Waals surface area contributed by atoms with Crippen LogP contribution in [0.15, 0.2) is 164 Å². The fourth-order valence-electron chi connectivity index (χ4n) is 15.6. The zero-order valence-electron chi connectivity index (χ0n) is 50.7. The highest BCUT2D eigenvalue weighted by molar-refractivity contribution is 7.26. The molecule has 0 unspecified atom stereocenters. The van der Waals surface area contributed by atoms with Gasteiger partial charge in [-0.1, -0.05) is 315 Å². The van der Waals surface area contributed by atoms with Crippen LogP contribution in [0.25, 0.3) is 64.3 Å². The minimum absolute atomic E-state index is 0.0420. The Hall–Kier alpha value is -5.96. The molecule has 1 heterocycles. The molecule has 0 radical (unpaired) electrons. The second-order valence-electron chi connectivity index (χ2n) is 25.0. The van der Waals surface area contributed by atoms with Gasteiger partial charge in [0, 0.05) is 47.7 Å². The Labute approximate surface area is 499 Å². The SMILES string of the molecule is CCCCCCCCC1(CCCCCCCC)c2ccccc2-c2c(N(c3ccccc3-c3cc4sc5ccccc5c4c4ccccc34)c3cccc4c3-c3ccccc3C4(CCCCCCCC)CCCCCCCC)cccc21. The Balaban J connectivity index is 1.15. The molecule has 0 aliphatic heterocycles. The maximum Gasteiger partial charge on any atom is 0.0543 e. The third-order valence-electron chi connectivity index (χ3n) is 19.7. The van der Waals surface area contributed by atoms with Crippen molar-refractivity contribution in [3.63, 3.8) is 0 Å². The second kappa shape index (κ2) is 27.6. The van der Waals surface area contributed by atoms with Crippen LogP contribution in [0.3, 0.4) is 0 Å². The number of hydrogen-bond acceptors (Lipinski definition) is 2. The van der Waals surface area contributed by atoms with Crippen molar-refractivity contribution < 1.29 is 0 Å². The van der Waals surface area contributed by atoms with Gasteiger partial charge in [-0.3, -0.25) is 0 Å². The van der Waals surface area contributed by atoms with E-state index in [1.807, 2.05) is 11.3 Å². The van der Waals surface area contributed by atoms with Crippen LogP contribution in [0.5, 0.6) is 0 Å². The lowest BCUT2D eigenvalue weighted by Gasteiger charge is -2.35. The van der Waals surface area contributed by atoms with Gasteiger partial charge in [0.05, 0.1) is 17.1 Å². The first kappa shape index (κ1) is 57.8. The van der Waals surface area contributed by atoms with Crippen LogP contribution >= 0.6 is 11.3 Å². The van der Waals surface area contributed by atoms with Crippen molar-refractivity contribution in [2.24, 2.45) is 0 Å². The standard InChI is InChI=1S/C80H95NS/c1-5-9-13-17-21-35-55-79(56-36-22-18-14-10-6-2)67-47-31-27-44-63(67)77-69(79)49-39-52-72(77)81(71-51-33-29-42-61(71)66-59-75-76(62-43-26-25-41-60(62)66)65-46-30-34-54-74(65)82-75)73-53-40-50-70-78(73)64-45-28-32-48-68(64)80(70,57-37-23-19-15-11-7-3)58-38-24-20-16-12-8-4/h25-34,39-54,59H,5-24,35-38,55-58H2,1-4H3. The molecule has 0 N–H and O–H groups in total. The van der Waals surface area contributed by atoms with E-state index in [0.29, 0.717) is 0 Å². The number of nitrogens with zero attached hydrogens (tertiary/aromatic N) is 1. The molecule has 2 aliphatic rings. The lowest BCUT2D eigenvalue weighted by molar-refractivity contribution is 0.398. The minimum Gasteiger partial charge on any atom is -0.309 e. The van der Waals surface area contributed by atoms with Gasteiger partial charge >= 0.3 is 0 Å². The Morgan fingerprint density at radius 3 is 1.15 bits per heavy atom. The third-order valence-corrected chi connectivity index (χ3v) is 20.8. The van der Waals surface area contributed by atoms with E-state index >= 15 is 0 Å². The molecule has 9 aromatic rings. The first-order valence-corrected chi connectivity index (χ1v) is 34.1. The van der Waals surface area contributed by atoms with Crippen molar-refractivity contribution in [3.05, 3.63) is 186 Å². The molecule has 0 fully saturated rings. The van der Waals surface area contributed by atoms with Gasteiger partial charge in [-0.05, 0) is 106 Å². The summed E-state index contributed by atoms with van der Waals surface area (Å²) in [6.07, 6.45) is 36.3. The van der Waals surface area contributed by atoms with Gasteiger partial charge < -0.3 is 4.90 Å². The van der Waals surface area contributed by atoms with Crippen molar-refractivity contribution in [1.82, 2.24) is 0 Å². The van der Waals surface area contributed by atoms with E-state index in [4.69, 9.17) is 0 Å². The predicted molar refractivity (Wildman–Crippen MR) is 361 cm³/mol. The summed E-state index contributed by atoms with van der Waals surface area (Å²) in [6, 6.07) is 65.0. The lowest BCUT2D eigenvalue weighted by atomic mass is 9.70. The summed E-state index contributed by atoms with van der Waals surface area (Å²) in [5.41, 5.74) is 18.4. The molecule has 82 heavy (non-hydrogen) atoms. The number of fused-ring (bicyclic) bond motifs is 11. The molecule has 0 spiro atoms. The molecule has 426 valence electrons. The molecule has 2 aliphatic carbocycles. The molecule has 1 aromatic heterocycles. The van der Waals surface area contributed by atoms with Gasteiger partial charge in [-0.2, -0.15) is 0 Å². The van der Waals surface area contributed by atoms with Gasteiger partial charge in [0.15, 0.2) is 0 Å². The quantitative estimate of drug-likeness (QED) is 0.0380. The summed E-state index contributed by atoms with van der Waals surface area (Å²) in [5, 5.41) is 5.38. The maximum atomic E-state index is 2.81. The summed E-state index contributed by atoms with van der Waals surface area (Å²) >= 11 is 1.94. The van der Waals surface area contributed by atoms with Gasteiger partial charge in [0.2, 0.25) is 0 Å². The van der Waals surface area contributed by atoms with Crippen LogP contribution in [0.4, 0.5) is 17.1 Å². The number of hydrogen-bond donors (Lipinski definition) is 0. The van der Waals surface area contributed by atoms with Crippen molar-refractivity contribution in [2.75, 3.05) is 4.90 Å². The molecule has 0 saturated heterocycles. The zero-order valence-corrected chi connectivity index (χ0v) is 51.6. The molecule has 0 amide bonds. The number of benzene rings is 8. The van der Waals surface area contributed by atoms with Crippen LogP contribution in [-0.4, -0.2) is 0 Å². The zero-order chi connectivity index (χ0) is 56.1. The lowest BCUT2D eigenvalue weighted by Crippen LogP contribution is -2.26. The fourth-order valence-corrected chi connectivity index (χ4v) is 16.8. The van der Waals surface area contributed by atoms with Crippen LogP contribution in [0.1, 0.15) is 230 Å². The molecular formula is C80H95NS. The number of para-hydroxylation sites is 1. The Morgan fingerprint density at radius 2 is 0.659 bits per heavy atom. The highest BCUT2D eigenvalue weighted by atomic mass is 32.1. The average Bonchev–Trinajstić information content (AvgIpc) is 2.81. The van der Waals surface area contributed by atoms with E-state index < -0.39 is 0 Å². The molecule has 0 atom stereocenters. The normalized spacial score (nSPS) is 13.7. The predicted octanol–water partition coefficient (Wildman–Crippen LogP) is 25.9. The minimum atomic E-state index is -0.0420. The summed E-state index contributed by atoms with van der Waals surface area (Å²) in [6.45, 7) is 9.39. The monoisotopic (exact) mass is 1100 g/mol. The van der Waals surface area contributed by atoms with Crippen LogP contribution in [0, 0.1) is 0 Å². The van der Waals surface area contributed by atoms with E-state index in [-0.39, 0.29) is 10.8 Å². The van der Waals surface area contributed by atoms with Crippen LogP contribution in [0.2, 0.25) is 0 Å². The van der Waals surface area contributed by atoms with Crippen molar-refractivity contribution in [2.45, 2.75) is 218 Å². The smallest absolute Gasteiger partial charge is 0.0543 e. The average molecular weight is 1100 g/mol. The second-order valence-corrected chi connectivity index (χ2v) is 26.1. The van der Waals surface area contributed by atoms with E-state index in [1.165, 1.54) is 261 Å². The number of anilines is 3. The van der Waals surface area contributed by atoms with E-state index in [0.717, 1.165) is 0 Å². The largest absolute Gasteiger partial charge is 0.309 e.